The number of aromatic nitrogens is 1. The minimum atomic E-state index is -0.575. The number of nitro groups is 1. The first-order valence-electron chi connectivity index (χ1n) is 2.79. The summed E-state index contributed by atoms with van der Waals surface area (Å²) in [5.41, 5.74) is -0.0544. The Morgan fingerprint density at radius 2 is 2.36 bits per heavy atom. The molecular weight excluding hydrogens is 148 g/mol. The summed E-state index contributed by atoms with van der Waals surface area (Å²) in [6.07, 6.45) is 1.69. The maximum absolute atomic E-state index is 10.1. The lowest BCUT2D eigenvalue weighted by Gasteiger charge is -1.89. The fourth-order valence-electron chi connectivity index (χ4n) is 0.615. The maximum atomic E-state index is 10.1. The fraction of sp³-hybridized carbons (Fsp3) is 0. The van der Waals surface area contributed by atoms with Crippen LogP contribution in [0.4, 0.5) is 5.69 Å². The molecule has 0 amide bonds. The molecule has 0 spiro atoms. The number of carbonyl (C=O) groups is 1. The van der Waals surface area contributed by atoms with Gasteiger partial charge in [-0.2, -0.15) is 0 Å². The highest BCUT2D eigenvalue weighted by atomic mass is 16.6. The van der Waals surface area contributed by atoms with Crippen LogP contribution in [0.25, 0.3) is 0 Å². The van der Waals surface area contributed by atoms with Crippen LogP contribution in [-0.2, 0) is 0 Å². The van der Waals surface area contributed by atoms with Gasteiger partial charge in [0, 0.05) is 18.3 Å². The Bertz CT molecular complexity index is 298. The molecule has 1 rings (SSSR count). The van der Waals surface area contributed by atoms with Crippen molar-refractivity contribution in [1.82, 2.24) is 4.98 Å². The van der Waals surface area contributed by atoms with Crippen LogP contribution in [0.3, 0.4) is 0 Å². The Morgan fingerprint density at radius 3 is 2.91 bits per heavy atom. The predicted octanol–water partition coefficient (Wildman–Crippen LogP) is 0.802. The van der Waals surface area contributed by atoms with Gasteiger partial charge in [-0.1, -0.05) is 0 Å². The molecule has 11 heavy (non-hydrogen) atoms. The van der Waals surface area contributed by atoms with Crippen LogP contribution >= 0.6 is 0 Å². The van der Waals surface area contributed by atoms with E-state index in [9.17, 15) is 14.9 Å². The first-order valence-corrected chi connectivity index (χ1v) is 2.79. The molecule has 0 aliphatic carbocycles. The zero-order valence-electron chi connectivity index (χ0n) is 5.43. The zero-order chi connectivity index (χ0) is 8.27. The lowest BCUT2D eigenvalue weighted by Crippen LogP contribution is -1.91. The highest BCUT2D eigenvalue weighted by molar-refractivity contribution is 5.72. The van der Waals surface area contributed by atoms with E-state index in [0.29, 0.717) is 6.29 Å². The van der Waals surface area contributed by atoms with Gasteiger partial charge in [-0.05, 0) is 0 Å². The van der Waals surface area contributed by atoms with Gasteiger partial charge in [0.2, 0.25) is 0 Å². The third-order valence-electron chi connectivity index (χ3n) is 1.10. The van der Waals surface area contributed by atoms with E-state index >= 15 is 0 Å². The van der Waals surface area contributed by atoms with E-state index in [2.05, 4.69) is 4.98 Å². The third-order valence-corrected chi connectivity index (χ3v) is 1.10. The highest BCUT2D eigenvalue weighted by Crippen LogP contribution is 2.08. The van der Waals surface area contributed by atoms with Crippen molar-refractivity contribution in [1.29, 1.82) is 0 Å². The van der Waals surface area contributed by atoms with E-state index in [1.54, 1.807) is 0 Å². The average Bonchev–Trinajstić information content (AvgIpc) is 2.05. The molecule has 0 unspecified atom stereocenters. The standard InChI is InChI=1S/C6H4N2O3/c9-4-5-3-6(8(10)11)1-2-7-5/h1-4H. The molecule has 1 heterocycles. The first-order chi connectivity index (χ1) is 5.24. The van der Waals surface area contributed by atoms with Gasteiger partial charge in [0.15, 0.2) is 6.29 Å². The Labute approximate surface area is 61.8 Å². The Kier molecular flexibility index (Phi) is 1.91. The molecule has 0 saturated carbocycles. The molecule has 0 atom stereocenters. The molecule has 0 aliphatic heterocycles. The van der Waals surface area contributed by atoms with Crippen molar-refractivity contribution in [2.75, 3.05) is 0 Å². The average molecular weight is 152 g/mol. The molecule has 0 radical (unpaired) electrons. The van der Waals surface area contributed by atoms with Crippen molar-refractivity contribution >= 4 is 12.0 Å². The summed E-state index contributed by atoms with van der Waals surface area (Å²) in [4.78, 5) is 23.2. The number of aldehydes is 1. The van der Waals surface area contributed by atoms with Gasteiger partial charge in [0.1, 0.15) is 5.69 Å². The highest BCUT2D eigenvalue weighted by Gasteiger charge is 2.04. The Morgan fingerprint density at radius 1 is 1.64 bits per heavy atom. The van der Waals surface area contributed by atoms with Crippen LogP contribution in [0.2, 0.25) is 0 Å². The number of hydrogen-bond acceptors (Lipinski definition) is 4. The van der Waals surface area contributed by atoms with Crippen LogP contribution < -0.4 is 0 Å². The molecular formula is C6H4N2O3. The maximum Gasteiger partial charge on any atom is 0.273 e. The van der Waals surface area contributed by atoms with Crippen LogP contribution in [0, 0.1) is 10.1 Å². The molecule has 1 aromatic rings. The van der Waals surface area contributed by atoms with E-state index in [-0.39, 0.29) is 11.4 Å². The molecule has 5 heteroatoms. The van der Waals surface area contributed by atoms with Crippen molar-refractivity contribution in [3.63, 3.8) is 0 Å². The van der Waals surface area contributed by atoms with Crippen molar-refractivity contribution in [3.8, 4) is 0 Å². The number of hydrogen-bond donors (Lipinski definition) is 0. The van der Waals surface area contributed by atoms with Crippen LogP contribution in [-0.4, -0.2) is 16.2 Å². The Hall–Kier alpha value is -1.78. The summed E-state index contributed by atoms with van der Waals surface area (Å²) < 4.78 is 0. The predicted molar refractivity (Wildman–Crippen MR) is 36.3 cm³/mol. The molecule has 5 nitrogen and oxygen atoms in total. The minimum Gasteiger partial charge on any atom is -0.296 e. The number of nitrogens with zero attached hydrogens (tertiary/aromatic N) is 2. The second-order valence-corrected chi connectivity index (χ2v) is 1.81. The van der Waals surface area contributed by atoms with Gasteiger partial charge < -0.3 is 0 Å². The minimum absolute atomic E-state index is 0.0687. The summed E-state index contributed by atoms with van der Waals surface area (Å²) in [6, 6.07) is 2.35. The molecule has 56 valence electrons. The number of rotatable bonds is 2. The Balaban J connectivity index is 3.10. The quantitative estimate of drug-likeness (QED) is 0.357. The topological polar surface area (TPSA) is 73.1 Å². The van der Waals surface area contributed by atoms with Gasteiger partial charge in [-0.3, -0.25) is 19.9 Å². The molecule has 1 aromatic heterocycles. The summed E-state index contributed by atoms with van der Waals surface area (Å²) in [7, 11) is 0. The largest absolute Gasteiger partial charge is 0.296 e. The van der Waals surface area contributed by atoms with Crippen LogP contribution in [0.1, 0.15) is 10.5 Å². The van der Waals surface area contributed by atoms with Gasteiger partial charge in [-0.25, -0.2) is 0 Å². The summed E-state index contributed by atoms with van der Waals surface area (Å²) in [5.74, 6) is 0. The van der Waals surface area contributed by atoms with Gasteiger partial charge in [-0.15, -0.1) is 0 Å². The lowest BCUT2D eigenvalue weighted by atomic mass is 10.3. The van der Waals surface area contributed by atoms with Crippen LogP contribution in [0.5, 0.6) is 0 Å². The molecule has 0 saturated heterocycles. The molecule has 0 fully saturated rings. The van der Waals surface area contributed by atoms with Crippen molar-refractivity contribution in [2.24, 2.45) is 0 Å². The monoisotopic (exact) mass is 152 g/mol. The summed E-state index contributed by atoms with van der Waals surface area (Å²) in [6.45, 7) is 0. The molecule has 0 aliphatic rings. The second kappa shape index (κ2) is 2.87. The normalized spacial score (nSPS) is 9.09. The van der Waals surface area contributed by atoms with E-state index in [0.717, 1.165) is 6.07 Å². The molecule has 0 N–H and O–H groups in total. The van der Waals surface area contributed by atoms with Gasteiger partial charge >= 0.3 is 0 Å². The second-order valence-electron chi connectivity index (χ2n) is 1.81. The first kappa shape index (κ1) is 7.33. The van der Waals surface area contributed by atoms with Crippen molar-refractivity contribution in [3.05, 3.63) is 34.1 Å². The smallest absolute Gasteiger partial charge is 0.273 e. The van der Waals surface area contributed by atoms with E-state index in [1.165, 1.54) is 12.3 Å². The van der Waals surface area contributed by atoms with Gasteiger partial charge in [0.05, 0.1) is 4.92 Å². The van der Waals surface area contributed by atoms with E-state index in [1.807, 2.05) is 0 Å². The summed E-state index contributed by atoms with van der Waals surface area (Å²) >= 11 is 0. The third kappa shape index (κ3) is 1.57. The zero-order valence-corrected chi connectivity index (χ0v) is 5.43. The number of carbonyl (C=O) groups excluding carboxylic acids is 1. The van der Waals surface area contributed by atoms with Crippen LogP contribution in [0.15, 0.2) is 18.3 Å². The van der Waals surface area contributed by atoms with E-state index in [4.69, 9.17) is 0 Å². The lowest BCUT2D eigenvalue weighted by molar-refractivity contribution is -0.385. The summed E-state index contributed by atoms with van der Waals surface area (Å²) in [5, 5.41) is 10.1. The SMILES string of the molecule is O=Cc1cc([N+](=O)[O-])ccn1. The van der Waals surface area contributed by atoms with Crippen molar-refractivity contribution < 1.29 is 9.72 Å². The molecule has 0 aromatic carbocycles. The van der Waals surface area contributed by atoms with Crippen molar-refractivity contribution in [2.45, 2.75) is 0 Å². The fourth-order valence-corrected chi connectivity index (χ4v) is 0.615. The number of pyridine rings is 1. The van der Waals surface area contributed by atoms with E-state index < -0.39 is 4.92 Å². The van der Waals surface area contributed by atoms with Gasteiger partial charge in [0.25, 0.3) is 5.69 Å². The molecule has 0 bridgehead atoms.